The number of hydrogen-bond acceptors (Lipinski definition) is 1. The molecule has 0 spiro atoms. The highest BCUT2D eigenvalue weighted by atomic mass is 79.9. The Bertz CT molecular complexity index is 627. The second-order valence-electron chi connectivity index (χ2n) is 4.71. The van der Waals surface area contributed by atoms with Crippen LogP contribution in [0, 0.1) is 11.6 Å². The topological polar surface area (TPSA) is 41.1 Å². The molecule has 3 nitrogen and oxygen atoms in total. The number of carbonyl (C=O) groups is 1. The van der Waals surface area contributed by atoms with Crippen molar-refractivity contribution >= 4 is 27.6 Å². The van der Waals surface area contributed by atoms with Crippen LogP contribution in [0.5, 0.6) is 0 Å². The van der Waals surface area contributed by atoms with Crippen molar-refractivity contribution in [2.24, 2.45) is 0 Å². The average molecular weight is 369 g/mol. The molecule has 0 atom stereocenters. The normalized spacial score (nSPS) is 10.3. The zero-order valence-electron chi connectivity index (χ0n) is 11.7. The van der Waals surface area contributed by atoms with Crippen molar-refractivity contribution in [1.29, 1.82) is 0 Å². The highest BCUT2D eigenvalue weighted by Gasteiger charge is 2.12. The zero-order chi connectivity index (χ0) is 15.9. The van der Waals surface area contributed by atoms with Gasteiger partial charge in [-0.25, -0.2) is 13.6 Å². The monoisotopic (exact) mass is 368 g/mol. The van der Waals surface area contributed by atoms with Crippen LogP contribution in [0.2, 0.25) is 0 Å². The van der Waals surface area contributed by atoms with E-state index in [1.807, 2.05) is 30.3 Å². The Kier molecular flexibility index (Phi) is 5.89. The maximum absolute atomic E-state index is 13.6. The van der Waals surface area contributed by atoms with E-state index in [1.54, 1.807) is 0 Å². The summed E-state index contributed by atoms with van der Waals surface area (Å²) in [5.41, 5.74) is 1.11. The maximum Gasteiger partial charge on any atom is 0.319 e. The van der Waals surface area contributed by atoms with Gasteiger partial charge >= 0.3 is 6.03 Å². The van der Waals surface area contributed by atoms with Gasteiger partial charge in [0.2, 0.25) is 0 Å². The van der Waals surface area contributed by atoms with Crippen LogP contribution in [0.15, 0.2) is 46.9 Å². The molecule has 0 fully saturated rings. The minimum Gasteiger partial charge on any atom is -0.338 e. The van der Waals surface area contributed by atoms with Crippen molar-refractivity contribution in [3.05, 3.63) is 64.1 Å². The molecule has 0 bridgehead atoms. The fourth-order valence-electron chi connectivity index (χ4n) is 1.96. The number of carbonyl (C=O) groups excluding carboxylic acids is 1. The summed E-state index contributed by atoms with van der Waals surface area (Å²) in [5, 5.41) is 5.00. The molecular weight excluding hydrogens is 354 g/mol. The summed E-state index contributed by atoms with van der Waals surface area (Å²) in [4.78, 5) is 11.7. The minimum atomic E-state index is -0.827. The van der Waals surface area contributed by atoms with Crippen LogP contribution in [0.1, 0.15) is 12.0 Å². The number of halogens is 3. The molecule has 2 rings (SSSR count). The third-order valence-electron chi connectivity index (χ3n) is 3.02. The summed E-state index contributed by atoms with van der Waals surface area (Å²) in [6, 6.07) is 11.2. The van der Waals surface area contributed by atoms with Gasteiger partial charge in [-0.3, -0.25) is 0 Å². The first-order valence-corrected chi connectivity index (χ1v) is 7.59. The first-order chi connectivity index (χ1) is 10.6. The largest absolute Gasteiger partial charge is 0.338 e. The SMILES string of the molecule is O=C(NCCCc1ccccc1)Nc1c(F)cc(F)cc1Br. The van der Waals surface area contributed by atoms with Crippen LogP contribution in [0.3, 0.4) is 0 Å². The summed E-state index contributed by atoms with van der Waals surface area (Å²) in [6.45, 7) is 0.459. The zero-order valence-corrected chi connectivity index (χ0v) is 13.3. The van der Waals surface area contributed by atoms with Gasteiger partial charge in [0.25, 0.3) is 0 Å². The molecule has 2 N–H and O–H groups in total. The molecule has 6 heteroatoms. The third-order valence-corrected chi connectivity index (χ3v) is 3.64. The lowest BCUT2D eigenvalue weighted by Gasteiger charge is -2.10. The van der Waals surface area contributed by atoms with E-state index in [4.69, 9.17) is 0 Å². The van der Waals surface area contributed by atoms with E-state index < -0.39 is 17.7 Å². The first-order valence-electron chi connectivity index (χ1n) is 6.79. The van der Waals surface area contributed by atoms with Gasteiger partial charge in [-0.1, -0.05) is 30.3 Å². The highest BCUT2D eigenvalue weighted by Crippen LogP contribution is 2.26. The van der Waals surface area contributed by atoms with E-state index in [9.17, 15) is 13.6 Å². The van der Waals surface area contributed by atoms with Gasteiger partial charge in [-0.2, -0.15) is 0 Å². The smallest absolute Gasteiger partial charge is 0.319 e. The Morgan fingerprint density at radius 2 is 1.86 bits per heavy atom. The molecule has 116 valence electrons. The molecule has 22 heavy (non-hydrogen) atoms. The minimum absolute atomic E-state index is 0.0815. The summed E-state index contributed by atoms with van der Waals surface area (Å²) in [5.74, 6) is -1.54. The van der Waals surface area contributed by atoms with Crippen molar-refractivity contribution in [3.63, 3.8) is 0 Å². The highest BCUT2D eigenvalue weighted by molar-refractivity contribution is 9.10. The maximum atomic E-state index is 13.6. The van der Waals surface area contributed by atoms with Gasteiger partial charge in [0.15, 0.2) is 5.82 Å². The molecule has 0 saturated carbocycles. The van der Waals surface area contributed by atoms with Gasteiger partial charge in [-0.15, -0.1) is 0 Å². The van der Waals surface area contributed by atoms with Crippen molar-refractivity contribution in [3.8, 4) is 0 Å². The van der Waals surface area contributed by atoms with E-state index in [-0.39, 0.29) is 10.2 Å². The number of rotatable bonds is 5. The standard InChI is InChI=1S/C16H15BrF2N2O/c17-13-9-12(18)10-14(19)15(13)21-16(22)20-8-4-7-11-5-2-1-3-6-11/h1-3,5-6,9-10H,4,7-8H2,(H2,20,21,22). The third kappa shape index (κ3) is 4.80. The van der Waals surface area contributed by atoms with Crippen LogP contribution in [0.4, 0.5) is 19.3 Å². The van der Waals surface area contributed by atoms with Crippen LogP contribution in [-0.4, -0.2) is 12.6 Å². The van der Waals surface area contributed by atoms with Crippen LogP contribution in [-0.2, 0) is 6.42 Å². The molecule has 2 amide bonds. The summed E-state index contributed by atoms with van der Waals surface area (Å²) in [7, 11) is 0. The molecule has 0 aliphatic carbocycles. The lowest BCUT2D eigenvalue weighted by atomic mass is 10.1. The number of benzene rings is 2. The molecule has 0 aliphatic heterocycles. The molecule has 2 aromatic carbocycles. The van der Waals surface area contributed by atoms with Crippen molar-refractivity contribution in [2.75, 3.05) is 11.9 Å². The molecule has 0 aromatic heterocycles. The predicted molar refractivity (Wildman–Crippen MR) is 85.8 cm³/mol. The second-order valence-corrected chi connectivity index (χ2v) is 5.57. The Balaban J connectivity index is 1.79. The number of amides is 2. The van der Waals surface area contributed by atoms with E-state index >= 15 is 0 Å². The number of urea groups is 1. The van der Waals surface area contributed by atoms with Crippen LogP contribution < -0.4 is 10.6 Å². The summed E-state index contributed by atoms with van der Waals surface area (Å²) in [6.07, 6.45) is 1.61. The predicted octanol–water partition coefficient (Wildman–Crippen LogP) is 4.48. The van der Waals surface area contributed by atoms with Crippen molar-refractivity contribution in [2.45, 2.75) is 12.8 Å². The molecule has 0 heterocycles. The van der Waals surface area contributed by atoms with Gasteiger partial charge < -0.3 is 10.6 Å². The summed E-state index contributed by atoms with van der Waals surface area (Å²) < 4.78 is 26.7. The lowest BCUT2D eigenvalue weighted by Crippen LogP contribution is -2.30. The number of anilines is 1. The number of nitrogens with one attached hydrogen (secondary N) is 2. The van der Waals surface area contributed by atoms with Crippen molar-refractivity contribution in [1.82, 2.24) is 5.32 Å². The number of aryl methyl sites for hydroxylation is 1. The molecule has 2 aromatic rings. The van der Waals surface area contributed by atoms with Crippen LogP contribution in [0.25, 0.3) is 0 Å². The molecule has 0 radical (unpaired) electrons. The second kappa shape index (κ2) is 7.89. The lowest BCUT2D eigenvalue weighted by molar-refractivity contribution is 0.252. The van der Waals surface area contributed by atoms with E-state index in [0.29, 0.717) is 6.54 Å². The quantitative estimate of drug-likeness (QED) is 0.750. The first kappa shape index (κ1) is 16.4. The average Bonchev–Trinajstić information content (AvgIpc) is 2.48. The molecule has 0 saturated heterocycles. The fraction of sp³-hybridized carbons (Fsp3) is 0.188. The Morgan fingerprint density at radius 3 is 2.55 bits per heavy atom. The Labute approximate surface area is 135 Å². The molecule has 0 aliphatic rings. The Hall–Kier alpha value is -1.95. The van der Waals surface area contributed by atoms with E-state index in [1.165, 1.54) is 5.56 Å². The Morgan fingerprint density at radius 1 is 1.14 bits per heavy atom. The summed E-state index contributed by atoms with van der Waals surface area (Å²) >= 11 is 3.02. The van der Waals surface area contributed by atoms with Gasteiger partial charge in [0, 0.05) is 17.1 Å². The van der Waals surface area contributed by atoms with Crippen LogP contribution >= 0.6 is 15.9 Å². The molecule has 0 unspecified atom stereocenters. The van der Waals surface area contributed by atoms with Gasteiger partial charge in [-0.05, 0) is 40.4 Å². The molecular formula is C16H15BrF2N2O. The van der Waals surface area contributed by atoms with Crippen molar-refractivity contribution < 1.29 is 13.6 Å². The van der Waals surface area contributed by atoms with E-state index in [2.05, 4.69) is 26.6 Å². The van der Waals surface area contributed by atoms with Gasteiger partial charge in [0.1, 0.15) is 5.82 Å². The number of hydrogen-bond donors (Lipinski definition) is 2. The fourth-order valence-corrected chi connectivity index (χ4v) is 2.47. The van der Waals surface area contributed by atoms with Gasteiger partial charge in [0.05, 0.1) is 5.69 Å². The van der Waals surface area contributed by atoms with E-state index in [0.717, 1.165) is 25.0 Å².